The first-order valence-electron chi connectivity index (χ1n) is 4.22. The predicted molar refractivity (Wildman–Crippen MR) is 56.2 cm³/mol. The van der Waals surface area contributed by atoms with E-state index in [9.17, 15) is 0 Å². The molecule has 0 bridgehead atoms. The van der Waals surface area contributed by atoms with E-state index >= 15 is 0 Å². The molecule has 1 aliphatic rings. The third-order valence-electron chi connectivity index (χ3n) is 2.26. The van der Waals surface area contributed by atoms with Crippen molar-refractivity contribution in [1.29, 1.82) is 0 Å². The van der Waals surface area contributed by atoms with E-state index in [-0.39, 0.29) is 12.4 Å². The van der Waals surface area contributed by atoms with Crippen LogP contribution in [-0.2, 0) is 0 Å². The maximum absolute atomic E-state index is 3.53. The van der Waals surface area contributed by atoms with Crippen molar-refractivity contribution in [3.63, 3.8) is 0 Å². The first kappa shape index (κ1) is 10.0. The van der Waals surface area contributed by atoms with Crippen LogP contribution in [-0.4, -0.2) is 6.54 Å². The van der Waals surface area contributed by atoms with Crippen LogP contribution in [0.1, 0.15) is 30.9 Å². The Hall–Kier alpha value is -0.0500. The molecule has 0 aromatic carbocycles. The molecule has 1 fully saturated rings. The minimum Gasteiger partial charge on any atom is -0.310 e. The Kier molecular flexibility index (Phi) is 4.06. The van der Waals surface area contributed by atoms with Gasteiger partial charge in [0.15, 0.2) is 0 Å². The highest BCUT2D eigenvalue weighted by molar-refractivity contribution is 7.07. The summed E-state index contributed by atoms with van der Waals surface area (Å²) in [6.07, 6.45) is 4.05. The van der Waals surface area contributed by atoms with Crippen molar-refractivity contribution < 1.29 is 0 Å². The van der Waals surface area contributed by atoms with E-state index in [1.165, 1.54) is 31.4 Å². The standard InChI is InChI=1S/C9H13NS.ClH/c1-2-5-10-9(3-1)8-4-6-11-7-8;/h4,6-7,9-10H,1-3,5H2;1H/t9-;/m1./s1. The van der Waals surface area contributed by atoms with E-state index in [1.807, 2.05) is 0 Å². The number of rotatable bonds is 1. The van der Waals surface area contributed by atoms with Crippen LogP contribution in [0.5, 0.6) is 0 Å². The molecular weight excluding hydrogens is 190 g/mol. The molecule has 1 saturated heterocycles. The van der Waals surface area contributed by atoms with E-state index < -0.39 is 0 Å². The summed E-state index contributed by atoms with van der Waals surface area (Å²) in [4.78, 5) is 0. The van der Waals surface area contributed by atoms with Crippen molar-refractivity contribution in [3.8, 4) is 0 Å². The molecule has 0 amide bonds. The first-order chi connectivity index (χ1) is 5.47. The molecule has 2 rings (SSSR count). The average Bonchev–Trinajstić information content (AvgIpc) is 2.58. The Labute approximate surface area is 83.6 Å². The Balaban J connectivity index is 0.000000720. The molecule has 0 saturated carbocycles. The summed E-state index contributed by atoms with van der Waals surface area (Å²) >= 11 is 1.79. The average molecular weight is 204 g/mol. The molecule has 0 radical (unpaired) electrons. The minimum atomic E-state index is 0. The molecule has 3 heteroatoms. The van der Waals surface area contributed by atoms with Gasteiger partial charge in [0.1, 0.15) is 0 Å². The van der Waals surface area contributed by atoms with Crippen molar-refractivity contribution in [1.82, 2.24) is 5.32 Å². The van der Waals surface area contributed by atoms with E-state index in [1.54, 1.807) is 11.3 Å². The van der Waals surface area contributed by atoms with Crippen molar-refractivity contribution in [2.24, 2.45) is 0 Å². The van der Waals surface area contributed by atoms with E-state index in [4.69, 9.17) is 0 Å². The van der Waals surface area contributed by atoms with E-state index in [0.29, 0.717) is 6.04 Å². The number of thiophene rings is 1. The molecule has 1 aromatic heterocycles. The fraction of sp³-hybridized carbons (Fsp3) is 0.556. The third kappa shape index (κ3) is 2.22. The topological polar surface area (TPSA) is 12.0 Å². The van der Waals surface area contributed by atoms with Crippen molar-refractivity contribution in [2.75, 3.05) is 6.54 Å². The van der Waals surface area contributed by atoms with Gasteiger partial charge in [0.25, 0.3) is 0 Å². The van der Waals surface area contributed by atoms with Gasteiger partial charge in [-0.1, -0.05) is 6.42 Å². The minimum absolute atomic E-state index is 0. The van der Waals surface area contributed by atoms with Gasteiger partial charge < -0.3 is 5.32 Å². The van der Waals surface area contributed by atoms with Gasteiger partial charge in [-0.05, 0) is 41.8 Å². The lowest BCUT2D eigenvalue weighted by Gasteiger charge is -2.22. The Morgan fingerprint density at radius 2 is 2.33 bits per heavy atom. The van der Waals surface area contributed by atoms with Crippen LogP contribution in [0.2, 0.25) is 0 Å². The second-order valence-corrected chi connectivity index (χ2v) is 3.84. The quantitative estimate of drug-likeness (QED) is 0.740. The maximum atomic E-state index is 3.53. The van der Waals surface area contributed by atoms with Gasteiger partial charge in [-0.3, -0.25) is 0 Å². The molecule has 1 nitrogen and oxygen atoms in total. The zero-order valence-electron chi connectivity index (χ0n) is 6.95. The van der Waals surface area contributed by atoms with Gasteiger partial charge in [-0.15, -0.1) is 12.4 Å². The lowest BCUT2D eigenvalue weighted by molar-refractivity contribution is 0.413. The van der Waals surface area contributed by atoms with Crippen molar-refractivity contribution in [3.05, 3.63) is 22.4 Å². The molecule has 0 spiro atoms. The van der Waals surface area contributed by atoms with Gasteiger partial charge in [0.05, 0.1) is 0 Å². The van der Waals surface area contributed by atoms with Crippen molar-refractivity contribution in [2.45, 2.75) is 25.3 Å². The second kappa shape index (κ2) is 4.85. The Morgan fingerprint density at radius 1 is 1.42 bits per heavy atom. The summed E-state index contributed by atoms with van der Waals surface area (Å²) in [6.45, 7) is 1.19. The SMILES string of the molecule is Cl.c1cc([C@H]2CCCCN2)cs1. The Morgan fingerprint density at radius 3 is 2.92 bits per heavy atom. The molecule has 1 N–H and O–H groups in total. The molecule has 68 valence electrons. The molecular formula is C9H14ClNS. The predicted octanol–water partition coefficient (Wildman–Crippen LogP) is 2.98. The lowest BCUT2D eigenvalue weighted by Crippen LogP contribution is -2.26. The number of hydrogen-bond acceptors (Lipinski definition) is 2. The zero-order valence-corrected chi connectivity index (χ0v) is 8.59. The van der Waals surface area contributed by atoms with Crippen LogP contribution in [0, 0.1) is 0 Å². The van der Waals surface area contributed by atoms with Crippen molar-refractivity contribution >= 4 is 23.7 Å². The number of hydrogen-bond donors (Lipinski definition) is 1. The maximum Gasteiger partial charge on any atom is 0.0328 e. The number of nitrogens with one attached hydrogen (secondary N) is 1. The van der Waals surface area contributed by atoms with Crippen LogP contribution < -0.4 is 5.32 Å². The monoisotopic (exact) mass is 203 g/mol. The Bertz CT molecular complexity index is 204. The molecule has 0 aliphatic carbocycles. The molecule has 1 aliphatic heterocycles. The normalized spacial score (nSPS) is 23.2. The number of halogens is 1. The van der Waals surface area contributed by atoms with Gasteiger partial charge in [0, 0.05) is 6.04 Å². The second-order valence-electron chi connectivity index (χ2n) is 3.06. The fourth-order valence-electron chi connectivity index (χ4n) is 1.61. The van der Waals surface area contributed by atoms with Crippen LogP contribution in [0.15, 0.2) is 16.8 Å². The van der Waals surface area contributed by atoms with E-state index in [0.717, 1.165) is 0 Å². The molecule has 2 heterocycles. The highest BCUT2D eigenvalue weighted by Crippen LogP contribution is 2.24. The molecule has 1 atom stereocenters. The number of piperidine rings is 1. The van der Waals surface area contributed by atoms with Crippen LogP contribution in [0.25, 0.3) is 0 Å². The highest BCUT2D eigenvalue weighted by Gasteiger charge is 2.13. The smallest absolute Gasteiger partial charge is 0.0328 e. The largest absolute Gasteiger partial charge is 0.310 e. The van der Waals surface area contributed by atoms with Gasteiger partial charge in [-0.2, -0.15) is 11.3 Å². The summed E-state index contributed by atoms with van der Waals surface area (Å²) in [5.41, 5.74) is 1.48. The van der Waals surface area contributed by atoms with Gasteiger partial charge >= 0.3 is 0 Å². The molecule has 0 unspecified atom stereocenters. The summed E-state index contributed by atoms with van der Waals surface area (Å²) in [5, 5.41) is 7.94. The summed E-state index contributed by atoms with van der Waals surface area (Å²) in [6, 6.07) is 2.88. The first-order valence-corrected chi connectivity index (χ1v) is 5.16. The zero-order chi connectivity index (χ0) is 7.52. The lowest BCUT2D eigenvalue weighted by atomic mass is 10.0. The molecule has 1 aromatic rings. The summed E-state index contributed by atoms with van der Waals surface area (Å²) in [5.74, 6) is 0. The van der Waals surface area contributed by atoms with Crippen LogP contribution >= 0.6 is 23.7 Å². The van der Waals surface area contributed by atoms with Gasteiger partial charge in [-0.25, -0.2) is 0 Å². The highest BCUT2D eigenvalue weighted by atomic mass is 35.5. The van der Waals surface area contributed by atoms with Crippen LogP contribution in [0.3, 0.4) is 0 Å². The fourth-order valence-corrected chi connectivity index (χ4v) is 2.32. The third-order valence-corrected chi connectivity index (χ3v) is 2.96. The summed E-state index contributed by atoms with van der Waals surface area (Å²) in [7, 11) is 0. The van der Waals surface area contributed by atoms with Gasteiger partial charge in [0.2, 0.25) is 0 Å². The van der Waals surface area contributed by atoms with Crippen LogP contribution in [0.4, 0.5) is 0 Å². The van der Waals surface area contributed by atoms with E-state index in [2.05, 4.69) is 22.1 Å². The summed E-state index contributed by atoms with van der Waals surface area (Å²) < 4.78 is 0. The molecule has 12 heavy (non-hydrogen) atoms.